The number of hydrogen-bond acceptors (Lipinski definition) is 3. The summed E-state index contributed by atoms with van der Waals surface area (Å²) in [7, 11) is 0. The average molecular weight is 330 g/mol. The van der Waals surface area contributed by atoms with Crippen molar-refractivity contribution >= 4 is 35.3 Å². The Kier molecular flexibility index (Phi) is 5.49. The molecule has 0 fully saturated rings. The van der Waals surface area contributed by atoms with Gasteiger partial charge in [-0.25, -0.2) is 5.43 Å². The number of halogens is 1. The standard InChI is InChI=1S/C17H16ClN3O2/c1-11-7-8-14(9-12(11)2)20-16(22)17(23)21-19-10-13-5-3-4-6-15(13)18/h3-10H,1-2H3,(H,20,22)(H,21,23)/b19-10+. The summed E-state index contributed by atoms with van der Waals surface area (Å²) in [5, 5.41) is 6.75. The van der Waals surface area contributed by atoms with Crippen molar-refractivity contribution in [2.45, 2.75) is 13.8 Å². The van der Waals surface area contributed by atoms with Gasteiger partial charge in [-0.05, 0) is 43.2 Å². The maximum atomic E-state index is 11.8. The molecule has 0 unspecified atom stereocenters. The molecule has 0 radical (unpaired) electrons. The predicted molar refractivity (Wildman–Crippen MR) is 91.7 cm³/mol. The molecule has 0 saturated heterocycles. The van der Waals surface area contributed by atoms with Crippen molar-refractivity contribution in [2.24, 2.45) is 5.10 Å². The van der Waals surface area contributed by atoms with Crippen molar-refractivity contribution in [3.05, 3.63) is 64.2 Å². The van der Waals surface area contributed by atoms with E-state index in [0.29, 0.717) is 16.3 Å². The van der Waals surface area contributed by atoms with Gasteiger partial charge < -0.3 is 5.32 Å². The summed E-state index contributed by atoms with van der Waals surface area (Å²) in [4.78, 5) is 23.5. The zero-order chi connectivity index (χ0) is 16.8. The summed E-state index contributed by atoms with van der Waals surface area (Å²) in [5.41, 5.74) is 5.50. The zero-order valence-electron chi connectivity index (χ0n) is 12.8. The average Bonchev–Trinajstić information content (AvgIpc) is 2.52. The van der Waals surface area contributed by atoms with E-state index < -0.39 is 11.8 Å². The number of anilines is 1. The van der Waals surface area contributed by atoms with Gasteiger partial charge in [0.25, 0.3) is 0 Å². The molecule has 0 heterocycles. The SMILES string of the molecule is Cc1ccc(NC(=O)C(=O)N/N=C/c2ccccc2Cl)cc1C. The van der Waals surface area contributed by atoms with Gasteiger partial charge in [-0.1, -0.05) is 35.9 Å². The highest BCUT2D eigenvalue weighted by molar-refractivity contribution is 6.39. The van der Waals surface area contributed by atoms with E-state index in [0.717, 1.165) is 11.1 Å². The van der Waals surface area contributed by atoms with E-state index in [2.05, 4.69) is 15.8 Å². The van der Waals surface area contributed by atoms with Crippen molar-refractivity contribution in [1.29, 1.82) is 0 Å². The second-order valence-corrected chi connectivity index (χ2v) is 5.38. The summed E-state index contributed by atoms with van der Waals surface area (Å²) >= 11 is 5.95. The lowest BCUT2D eigenvalue weighted by Crippen LogP contribution is -2.32. The van der Waals surface area contributed by atoms with Gasteiger partial charge in [0.1, 0.15) is 0 Å². The van der Waals surface area contributed by atoms with Crippen LogP contribution >= 0.6 is 11.6 Å². The third-order valence-corrected chi connectivity index (χ3v) is 3.59. The number of amides is 2. The summed E-state index contributed by atoms with van der Waals surface area (Å²) in [5.74, 6) is -1.64. The molecule has 2 aromatic carbocycles. The number of hydrazone groups is 1. The zero-order valence-corrected chi connectivity index (χ0v) is 13.5. The molecule has 0 aliphatic heterocycles. The number of carbonyl (C=O) groups excluding carboxylic acids is 2. The smallest absolute Gasteiger partial charge is 0.318 e. The number of rotatable bonds is 3. The first kappa shape index (κ1) is 16.7. The fraction of sp³-hybridized carbons (Fsp3) is 0.118. The minimum absolute atomic E-state index is 0.505. The number of aryl methyl sites for hydroxylation is 2. The molecule has 0 atom stereocenters. The van der Waals surface area contributed by atoms with Gasteiger partial charge >= 0.3 is 11.8 Å². The van der Waals surface area contributed by atoms with Crippen LogP contribution < -0.4 is 10.7 Å². The predicted octanol–water partition coefficient (Wildman–Crippen LogP) is 3.05. The van der Waals surface area contributed by atoms with E-state index in [-0.39, 0.29) is 0 Å². The topological polar surface area (TPSA) is 70.6 Å². The van der Waals surface area contributed by atoms with E-state index in [9.17, 15) is 9.59 Å². The quantitative estimate of drug-likeness (QED) is 0.516. The molecule has 0 bridgehead atoms. The van der Waals surface area contributed by atoms with Crippen molar-refractivity contribution in [3.63, 3.8) is 0 Å². The van der Waals surface area contributed by atoms with Crippen LogP contribution in [0.25, 0.3) is 0 Å². The van der Waals surface area contributed by atoms with Crippen molar-refractivity contribution in [2.75, 3.05) is 5.32 Å². The number of benzene rings is 2. The number of carbonyl (C=O) groups is 2. The summed E-state index contributed by atoms with van der Waals surface area (Å²) in [6.45, 7) is 3.90. The maximum Gasteiger partial charge on any atom is 0.329 e. The molecule has 0 aliphatic rings. The molecule has 0 aromatic heterocycles. The molecule has 0 aliphatic carbocycles. The van der Waals surface area contributed by atoms with Crippen LogP contribution in [-0.2, 0) is 9.59 Å². The van der Waals surface area contributed by atoms with Crippen LogP contribution in [-0.4, -0.2) is 18.0 Å². The third kappa shape index (κ3) is 4.66. The maximum absolute atomic E-state index is 11.8. The fourth-order valence-corrected chi connectivity index (χ4v) is 1.98. The normalized spacial score (nSPS) is 10.6. The van der Waals surface area contributed by atoms with Crippen LogP contribution in [0.4, 0.5) is 5.69 Å². The highest BCUT2D eigenvalue weighted by atomic mass is 35.5. The minimum Gasteiger partial charge on any atom is -0.318 e. The number of nitrogens with zero attached hydrogens (tertiary/aromatic N) is 1. The van der Waals surface area contributed by atoms with E-state index >= 15 is 0 Å². The highest BCUT2D eigenvalue weighted by Crippen LogP contribution is 2.14. The Morgan fingerprint density at radius 2 is 1.78 bits per heavy atom. The number of nitrogens with one attached hydrogen (secondary N) is 2. The summed E-state index contributed by atoms with van der Waals surface area (Å²) < 4.78 is 0. The van der Waals surface area contributed by atoms with Crippen LogP contribution in [0.2, 0.25) is 5.02 Å². The molecule has 0 spiro atoms. The Bertz CT molecular complexity index is 772. The molecule has 2 aromatic rings. The van der Waals surface area contributed by atoms with E-state index in [1.54, 1.807) is 36.4 Å². The molecule has 0 saturated carbocycles. The monoisotopic (exact) mass is 329 g/mol. The van der Waals surface area contributed by atoms with Gasteiger partial charge in [-0.15, -0.1) is 0 Å². The molecule has 118 valence electrons. The molecular formula is C17H16ClN3O2. The van der Waals surface area contributed by atoms with Crippen molar-refractivity contribution in [1.82, 2.24) is 5.43 Å². The molecule has 2 rings (SSSR count). The lowest BCUT2D eigenvalue weighted by molar-refractivity contribution is -0.136. The van der Waals surface area contributed by atoms with Crippen molar-refractivity contribution in [3.8, 4) is 0 Å². The molecule has 6 heteroatoms. The van der Waals surface area contributed by atoms with Crippen LogP contribution in [0.1, 0.15) is 16.7 Å². The first-order chi connectivity index (χ1) is 11.0. The van der Waals surface area contributed by atoms with Gasteiger partial charge in [0.2, 0.25) is 0 Å². The van der Waals surface area contributed by atoms with E-state index in [1.165, 1.54) is 6.21 Å². The summed E-state index contributed by atoms with van der Waals surface area (Å²) in [6.07, 6.45) is 1.38. The fourth-order valence-electron chi connectivity index (χ4n) is 1.80. The molecule has 23 heavy (non-hydrogen) atoms. The molecule has 2 amide bonds. The lowest BCUT2D eigenvalue weighted by Gasteiger charge is -2.06. The van der Waals surface area contributed by atoms with Crippen LogP contribution in [0.5, 0.6) is 0 Å². The second-order valence-electron chi connectivity index (χ2n) is 4.97. The first-order valence-corrected chi connectivity index (χ1v) is 7.31. The lowest BCUT2D eigenvalue weighted by atomic mass is 10.1. The first-order valence-electron chi connectivity index (χ1n) is 6.93. The van der Waals surface area contributed by atoms with Gasteiger partial charge in [0.15, 0.2) is 0 Å². The van der Waals surface area contributed by atoms with E-state index in [1.807, 2.05) is 19.9 Å². The van der Waals surface area contributed by atoms with Crippen LogP contribution in [0.15, 0.2) is 47.6 Å². The largest absolute Gasteiger partial charge is 0.329 e. The van der Waals surface area contributed by atoms with Gasteiger partial charge in [0, 0.05) is 16.3 Å². The Hall–Kier alpha value is -2.66. The second kappa shape index (κ2) is 7.56. The third-order valence-electron chi connectivity index (χ3n) is 3.25. The Morgan fingerprint density at radius 1 is 1.04 bits per heavy atom. The molecule has 2 N–H and O–H groups in total. The van der Waals surface area contributed by atoms with Gasteiger partial charge in [0.05, 0.1) is 6.21 Å². The Labute approximate surface area is 139 Å². The minimum atomic E-state index is -0.855. The van der Waals surface area contributed by atoms with E-state index in [4.69, 9.17) is 11.6 Å². The van der Waals surface area contributed by atoms with Crippen LogP contribution in [0.3, 0.4) is 0 Å². The van der Waals surface area contributed by atoms with Crippen molar-refractivity contribution < 1.29 is 9.59 Å². The number of hydrogen-bond donors (Lipinski definition) is 2. The Balaban J connectivity index is 1.94. The Morgan fingerprint density at radius 3 is 2.48 bits per heavy atom. The molecule has 5 nitrogen and oxygen atoms in total. The molecular weight excluding hydrogens is 314 g/mol. The summed E-state index contributed by atoms with van der Waals surface area (Å²) in [6, 6.07) is 12.4. The van der Waals surface area contributed by atoms with Crippen LogP contribution in [0, 0.1) is 13.8 Å². The van der Waals surface area contributed by atoms with Gasteiger partial charge in [-0.2, -0.15) is 5.10 Å². The highest BCUT2D eigenvalue weighted by Gasteiger charge is 2.13. The van der Waals surface area contributed by atoms with Gasteiger partial charge in [-0.3, -0.25) is 9.59 Å².